The quantitative estimate of drug-likeness (QED) is 0.683. The van der Waals surface area contributed by atoms with Gasteiger partial charge in [0, 0.05) is 18.5 Å². The van der Waals surface area contributed by atoms with Crippen molar-refractivity contribution in [3.05, 3.63) is 0 Å². The minimum Gasteiger partial charge on any atom is -0.356 e. The van der Waals surface area contributed by atoms with Crippen LogP contribution in [0.4, 0.5) is 0 Å². The number of hydrogen-bond donors (Lipinski definition) is 2. The highest BCUT2D eigenvalue weighted by Gasteiger charge is 2.26. The molecule has 3 heteroatoms. The molecule has 0 heterocycles. The Morgan fingerprint density at radius 2 is 2.00 bits per heavy atom. The van der Waals surface area contributed by atoms with Crippen molar-refractivity contribution in [3.8, 4) is 0 Å². The van der Waals surface area contributed by atoms with E-state index in [9.17, 15) is 4.79 Å². The van der Waals surface area contributed by atoms with Gasteiger partial charge in [0.05, 0.1) is 0 Å². The molecule has 0 bridgehead atoms. The van der Waals surface area contributed by atoms with Crippen LogP contribution in [0.15, 0.2) is 0 Å². The fourth-order valence-corrected chi connectivity index (χ4v) is 2.49. The van der Waals surface area contributed by atoms with Crippen molar-refractivity contribution in [2.75, 3.05) is 6.54 Å². The summed E-state index contributed by atoms with van der Waals surface area (Å²) in [7, 11) is 0. The molecule has 0 atom stereocenters. The number of carbonyl (C=O) groups excluding carboxylic acids is 1. The first-order valence-corrected chi connectivity index (χ1v) is 6.72. The van der Waals surface area contributed by atoms with E-state index >= 15 is 0 Å². The van der Waals surface area contributed by atoms with Crippen molar-refractivity contribution in [1.29, 1.82) is 0 Å². The highest BCUT2D eigenvalue weighted by molar-refractivity contribution is 5.75. The lowest BCUT2D eigenvalue weighted by molar-refractivity contribution is -0.121. The van der Waals surface area contributed by atoms with Crippen molar-refractivity contribution in [1.82, 2.24) is 5.32 Å². The number of nitrogens with one attached hydrogen (secondary N) is 1. The lowest BCUT2D eigenvalue weighted by Gasteiger charge is -2.33. The summed E-state index contributed by atoms with van der Waals surface area (Å²) in [5.41, 5.74) is 6.39. The largest absolute Gasteiger partial charge is 0.356 e. The van der Waals surface area contributed by atoms with Gasteiger partial charge in [-0.25, -0.2) is 0 Å². The predicted octanol–water partition coefficient (Wildman–Crippen LogP) is 2.34. The van der Waals surface area contributed by atoms with Gasteiger partial charge in [-0.05, 0) is 32.1 Å². The van der Waals surface area contributed by atoms with E-state index in [2.05, 4.69) is 5.32 Å². The first-order chi connectivity index (χ1) is 7.66. The average molecular weight is 226 g/mol. The Bertz CT molecular complexity index is 210. The Kier molecular flexibility index (Phi) is 5.81. The van der Waals surface area contributed by atoms with Crippen LogP contribution >= 0.6 is 0 Å². The molecule has 3 N–H and O–H groups in total. The van der Waals surface area contributed by atoms with Crippen molar-refractivity contribution in [2.24, 2.45) is 5.73 Å². The third-order valence-corrected chi connectivity index (χ3v) is 3.50. The lowest BCUT2D eigenvalue weighted by Crippen LogP contribution is -2.42. The van der Waals surface area contributed by atoms with E-state index in [1.54, 1.807) is 0 Å². The molecule has 1 rings (SSSR count). The third-order valence-electron chi connectivity index (χ3n) is 3.50. The van der Waals surface area contributed by atoms with E-state index < -0.39 is 0 Å². The zero-order valence-electron chi connectivity index (χ0n) is 10.6. The van der Waals surface area contributed by atoms with E-state index in [4.69, 9.17) is 5.73 Å². The Balaban J connectivity index is 2.07. The molecule has 1 amide bonds. The van der Waals surface area contributed by atoms with E-state index in [0.29, 0.717) is 6.42 Å². The second-order valence-electron chi connectivity index (χ2n) is 5.13. The molecule has 0 aromatic heterocycles. The molecule has 0 saturated heterocycles. The summed E-state index contributed by atoms with van der Waals surface area (Å²) in [6, 6.07) is 0. The topological polar surface area (TPSA) is 55.1 Å². The Labute approximate surface area is 99.2 Å². The zero-order chi connectivity index (χ0) is 11.9. The highest BCUT2D eigenvalue weighted by Crippen LogP contribution is 2.29. The SMILES string of the molecule is CCCC(=O)NCCCC1(N)CCCCC1. The van der Waals surface area contributed by atoms with Gasteiger partial charge in [0.2, 0.25) is 5.91 Å². The summed E-state index contributed by atoms with van der Waals surface area (Å²) in [6.07, 6.45) is 9.86. The van der Waals surface area contributed by atoms with Gasteiger partial charge in [-0.3, -0.25) is 4.79 Å². The molecule has 0 aromatic rings. The van der Waals surface area contributed by atoms with Gasteiger partial charge in [-0.1, -0.05) is 26.2 Å². The van der Waals surface area contributed by atoms with Gasteiger partial charge >= 0.3 is 0 Å². The molecule has 16 heavy (non-hydrogen) atoms. The van der Waals surface area contributed by atoms with Crippen molar-refractivity contribution < 1.29 is 4.79 Å². The Morgan fingerprint density at radius 3 is 2.62 bits per heavy atom. The molecule has 0 aromatic carbocycles. The standard InChI is InChI=1S/C13H26N2O/c1-2-7-12(16)15-11-6-10-13(14)8-4-3-5-9-13/h2-11,14H2,1H3,(H,15,16). The average Bonchev–Trinajstić information content (AvgIpc) is 2.26. The monoisotopic (exact) mass is 226 g/mol. The van der Waals surface area contributed by atoms with E-state index in [1.807, 2.05) is 6.92 Å². The maximum atomic E-state index is 11.2. The van der Waals surface area contributed by atoms with Crippen LogP contribution in [-0.2, 0) is 4.79 Å². The summed E-state index contributed by atoms with van der Waals surface area (Å²) in [6.45, 7) is 2.81. The van der Waals surface area contributed by atoms with Crippen molar-refractivity contribution >= 4 is 5.91 Å². The number of amides is 1. The first kappa shape index (κ1) is 13.5. The molecule has 0 aliphatic heterocycles. The number of hydrogen-bond acceptors (Lipinski definition) is 2. The van der Waals surface area contributed by atoms with Crippen LogP contribution in [-0.4, -0.2) is 18.0 Å². The first-order valence-electron chi connectivity index (χ1n) is 6.72. The molecule has 1 aliphatic rings. The van der Waals surface area contributed by atoms with Crippen LogP contribution in [0.3, 0.4) is 0 Å². The smallest absolute Gasteiger partial charge is 0.219 e. The van der Waals surface area contributed by atoms with Gasteiger partial charge in [0.1, 0.15) is 0 Å². The van der Waals surface area contributed by atoms with Gasteiger partial charge in [0.15, 0.2) is 0 Å². The Hall–Kier alpha value is -0.570. The maximum Gasteiger partial charge on any atom is 0.219 e. The summed E-state index contributed by atoms with van der Waals surface area (Å²) < 4.78 is 0. The van der Waals surface area contributed by atoms with Crippen molar-refractivity contribution in [3.63, 3.8) is 0 Å². The van der Waals surface area contributed by atoms with Crippen LogP contribution in [0.2, 0.25) is 0 Å². The van der Waals surface area contributed by atoms with Crippen LogP contribution in [0.25, 0.3) is 0 Å². The fourth-order valence-electron chi connectivity index (χ4n) is 2.49. The molecule has 3 nitrogen and oxygen atoms in total. The van der Waals surface area contributed by atoms with Crippen LogP contribution < -0.4 is 11.1 Å². The van der Waals surface area contributed by atoms with Crippen molar-refractivity contribution in [2.45, 2.75) is 70.3 Å². The number of rotatable bonds is 6. The summed E-state index contributed by atoms with van der Waals surface area (Å²) in [4.78, 5) is 11.2. The molecule has 1 saturated carbocycles. The normalized spacial score (nSPS) is 19.4. The second kappa shape index (κ2) is 6.89. The fraction of sp³-hybridized carbons (Fsp3) is 0.923. The lowest BCUT2D eigenvalue weighted by atomic mass is 9.79. The minimum absolute atomic E-state index is 0.0632. The van der Waals surface area contributed by atoms with Gasteiger partial charge < -0.3 is 11.1 Å². The molecule has 1 fully saturated rings. The third kappa shape index (κ3) is 4.97. The number of carbonyl (C=O) groups is 1. The number of nitrogens with two attached hydrogens (primary N) is 1. The molecule has 94 valence electrons. The molecule has 0 radical (unpaired) electrons. The molecular weight excluding hydrogens is 200 g/mol. The molecular formula is C13H26N2O. The zero-order valence-corrected chi connectivity index (χ0v) is 10.6. The van der Waals surface area contributed by atoms with E-state index in [1.165, 1.54) is 19.3 Å². The summed E-state index contributed by atoms with van der Waals surface area (Å²) in [5, 5.41) is 2.95. The van der Waals surface area contributed by atoms with E-state index in [-0.39, 0.29) is 11.4 Å². The van der Waals surface area contributed by atoms with E-state index in [0.717, 1.165) is 38.6 Å². The van der Waals surface area contributed by atoms with Gasteiger partial charge in [-0.15, -0.1) is 0 Å². The second-order valence-corrected chi connectivity index (χ2v) is 5.13. The van der Waals surface area contributed by atoms with Crippen LogP contribution in [0.1, 0.15) is 64.7 Å². The minimum atomic E-state index is 0.0632. The van der Waals surface area contributed by atoms with Gasteiger partial charge in [-0.2, -0.15) is 0 Å². The Morgan fingerprint density at radius 1 is 1.31 bits per heavy atom. The van der Waals surface area contributed by atoms with Gasteiger partial charge in [0.25, 0.3) is 0 Å². The summed E-state index contributed by atoms with van der Waals surface area (Å²) in [5.74, 6) is 0.178. The van der Waals surface area contributed by atoms with Crippen LogP contribution in [0, 0.1) is 0 Å². The van der Waals surface area contributed by atoms with Crippen LogP contribution in [0.5, 0.6) is 0 Å². The molecule has 1 aliphatic carbocycles. The highest BCUT2D eigenvalue weighted by atomic mass is 16.1. The molecule has 0 unspecified atom stereocenters. The predicted molar refractivity (Wildman–Crippen MR) is 67.2 cm³/mol. The summed E-state index contributed by atoms with van der Waals surface area (Å²) >= 11 is 0. The molecule has 0 spiro atoms. The maximum absolute atomic E-state index is 11.2.